The number of rotatable bonds is 6. The SMILES string of the molecule is CCOP(=O)(OCC)Oc1c2n(c(=O)[nH]c1=O)[C@@H]1O[C@@H]([C@H]3OC(C)(C)O[C@H]31)[C@H]2O. The van der Waals surface area contributed by atoms with Gasteiger partial charge in [0.2, 0.25) is 5.75 Å². The van der Waals surface area contributed by atoms with E-state index in [-0.39, 0.29) is 18.9 Å². The first-order chi connectivity index (χ1) is 13.6. The molecule has 13 heteroatoms. The Morgan fingerprint density at radius 2 is 1.76 bits per heavy atom. The van der Waals surface area contributed by atoms with E-state index in [4.69, 9.17) is 27.8 Å². The van der Waals surface area contributed by atoms with Crippen LogP contribution in [0.25, 0.3) is 0 Å². The van der Waals surface area contributed by atoms with Gasteiger partial charge in [0, 0.05) is 0 Å². The van der Waals surface area contributed by atoms with Crippen LogP contribution in [0.2, 0.25) is 0 Å². The lowest BCUT2D eigenvalue weighted by atomic mass is 10.0. The monoisotopic (exact) mass is 434 g/mol. The Hall–Kier alpha value is -1.53. The minimum Gasteiger partial charge on any atom is -0.396 e. The fourth-order valence-electron chi connectivity index (χ4n) is 3.91. The molecule has 0 aromatic carbocycles. The number of aliphatic hydroxyl groups is 1. The van der Waals surface area contributed by atoms with Crippen LogP contribution >= 0.6 is 7.82 Å². The molecule has 1 aromatic heterocycles. The molecule has 4 heterocycles. The predicted octanol–water partition coefficient (Wildman–Crippen LogP) is 0.561. The molecule has 0 spiro atoms. The van der Waals surface area contributed by atoms with Gasteiger partial charge in [-0.2, -0.15) is 0 Å². The lowest BCUT2D eigenvalue weighted by Gasteiger charge is -2.34. The quantitative estimate of drug-likeness (QED) is 0.609. The lowest BCUT2D eigenvalue weighted by molar-refractivity contribution is -0.218. The fourth-order valence-corrected chi connectivity index (χ4v) is 5.12. The Kier molecular flexibility index (Phi) is 5.02. The Morgan fingerprint density at radius 1 is 1.14 bits per heavy atom. The van der Waals surface area contributed by atoms with E-state index in [1.807, 2.05) is 0 Å². The van der Waals surface area contributed by atoms with E-state index >= 15 is 0 Å². The van der Waals surface area contributed by atoms with E-state index in [1.165, 1.54) is 0 Å². The number of H-pyrrole nitrogens is 1. The van der Waals surface area contributed by atoms with E-state index in [9.17, 15) is 19.3 Å². The lowest BCUT2D eigenvalue weighted by Crippen LogP contribution is -2.44. The summed E-state index contributed by atoms with van der Waals surface area (Å²) in [5, 5.41) is 10.9. The van der Waals surface area contributed by atoms with E-state index in [0.29, 0.717) is 0 Å². The zero-order valence-corrected chi connectivity index (χ0v) is 17.2. The second kappa shape index (κ2) is 7.02. The molecular weight excluding hydrogens is 411 g/mol. The van der Waals surface area contributed by atoms with Gasteiger partial charge in [0.1, 0.15) is 30.1 Å². The number of nitrogens with zero attached hydrogens (tertiary/aromatic N) is 1. The number of phosphoric acid groups is 1. The number of hydrogen-bond donors (Lipinski definition) is 2. The summed E-state index contributed by atoms with van der Waals surface area (Å²) in [6, 6.07) is 0. The van der Waals surface area contributed by atoms with Crippen LogP contribution in [0.5, 0.6) is 5.75 Å². The molecule has 5 atom stereocenters. The molecule has 3 aliphatic heterocycles. The zero-order chi connectivity index (χ0) is 21.1. The maximum absolute atomic E-state index is 12.8. The molecule has 0 radical (unpaired) electrons. The molecule has 0 aliphatic carbocycles. The topological polar surface area (TPSA) is 148 Å². The normalized spacial score (nSPS) is 32.1. The first-order valence-corrected chi connectivity index (χ1v) is 10.7. The number of ether oxygens (including phenoxy) is 3. The van der Waals surface area contributed by atoms with E-state index in [1.54, 1.807) is 27.7 Å². The molecule has 0 saturated carbocycles. The molecule has 2 bridgehead atoms. The molecular formula is C16H23N2O10P. The van der Waals surface area contributed by atoms with Crippen molar-refractivity contribution < 1.29 is 37.5 Å². The number of fused-ring (bicyclic) bond motifs is 7. The van der Waals surface area contributed by atoms with Gasteiger partial charge in [-0.25, -0.2) is 9.36 Å². The van der Waals surface area contributed by atoms with Crippen molar-refractivity contribution in [1.82, 2.24) is 9.55 Å². The van der Waals surface area contributed by atoms with Crippen molar-refractivity contribution >= 4 is 7.82 Å². The highest BCUT2D eigenvalue weighted by Gasteiger charge is 2.62. The molecule has 0 unspecified atom stereocenters. The summed E-state index contributed by atoms with van der Waals surface area (Å²) in [5.41, 5.74) is -2.01. The molecule has 0 amide bonds. The van der Waals surface area contributed by atoms with Crippen molar-refractivity contribution in [2.45, 2.75) is 64.1 Å². The minimum atomic E-state index is -4.17. The van der Waals surface area contributed by atoms with E-state index in [0.717, 1.165) is 4.57 Å². The maximum atomic E-state index is 12.8. The van der Waals surface area contributed by atoms with Gasteiger partial charge < -0.3 is 23.8 Å². The highest BCUT2D eigenvalue weighted by atomic mass is 31.2. The van der Waals surface area contributed by atoms with Crippen molar-refractivity contribution in [3.8, 4) is 5.75 Å². The van der Waals surface area contributed by atoms with Gasteiger partial charge in [-0.05, 0) is 27.7 Å². The van der Waals surface area contributed by atoms with Crippen LogP contribution in [0.15, 0.2) is 9.59 Å². The zero-order valence-electron chi connectivity index (χ0n) is 16.3. The molecule has 3 aliphatic rings. The highest BCUT2D eigenvalue weighted by molar-refractivity contribution is 7.48. The Balaban J connectivity index is 1.83. The molecule has 2 saturated heterocycles. The smallest absolute Gasteiger partial charge is 0.396 e. The van der Waals surface area contributed by atoms with Crippen molar-refractivity contribution in [1.29, 1.82) is 0 Å². The van der Waals surface area contributed by atoms with Gasteiger partial charge >= 0.3 is 13.5 Å². The van der Waals surface area contributed by atoms with Crippen LogP contribution in [-0.2, 0) is 27.8 Å². The van der Waals surface area contributed by atoms with Gasteiger partial charge in [-0.3, -0.25) is 23.4 Å². The third-order valence-corrected chi connectivity index (χ3v) is 6.38. The predicted molar refractivity (Wildman–Crippen MR) is 95.5 cm³/mol. The second-order valence-corrected chi connectivity index (χ2v) is 8.81. The van der Waals surface area contributed by atoms with Crippen LogP contribution in [0, 0.1) is 0 Å². The number of aliphatic hydroxyl groups excluding tert-OH is 1. The summed E-state index contributed by atoms with van der Waals surface area (Å²) in [6.45, 7) is 6.54. The van der Waals surface area contributed by atoms with Crippen LogP contribution < -0.4 is 15.8 Å². The first-order valence-electron chi connectivity index (χ1n) is 9.27. The Morgan fingerprint density at radius 3 is 2.38 bits per heavy atom. The second-order valence-electron chi connectivity index (χ2n) is 7.22. The van der Waals surface area contributed by atoms with Gasteiger partial charge in [-0.1, -0.05) is 0 Å². The summed E-state index contributed by atoms with van der Waals surface area (Å²) in [6.07, 6.45) is -4.77. The summed E-state index contributed by atoms with van der Waals surface area (Å²) in [7, 11) is -4.17. The standard InChI is InChI=1S/C16H23N2O10P/c1-5-23-29(22,24-6-2)28-9-7-8(19)10-11-12(27-16(3,4)26-11)14(25-10)18(7)15(21)17-13(9)20/h8,10-12,14,19H,5-6H2,1-4H3,(H,17,20,21)/t8-,10+,11+,12+,14+/m0/s1. The average Bonchev–Trinajstić information content (AvgIpc) is 3.08. The number of nitrogens with one attached hydrogen (secondary N) is 1. The maximum Gasteiger partial charge on any atom is 0.530 e. The van der Waals surface area contributed by atoms with Crippen LogP contribution in [0.1, 0.15) is 45.7 Å². The molecule has 1 aromatic rings. The van der Waals surface area contributed by atoms with Crippen LogP contribution in [0.4, 0.5) is 0 Å². The third kappa shape index (κ3) is 3.28. The summed E-state index contributed by atoms with van der Waals surface area (Å²) >= 11 is 0. The molecule has 2 fully saturated rings. The van der Waals surface area contributed by atoms with Crippen molar-refractivity contribution in [2.24, 2.45) is 0 Å². The van der Waals surface area contributed by atoms with E-state index in [2.05, 4.69) is 4.98 Å². The number of aromatic amines is 1. The Bertz CT molecular complexity index is 961. The largest absolute Gasteiger partial charge is 0.530 e. The number of hydrogen-bond acceptors (Lipinski definition) is 10. The first kappa shape index (κ1) is 20.7. The average molecular weight is 434 g/mol. The van der Waals surface area contributed by atoms with Crippen LogP contribution in [-0.4, -0.2) is 52.0 Å². The number of aromatic nitrogens is 2. The Labute approximate surface area is 165 Å². The van der Waals surface area contributed by atoms with Gasteiger partial charge in [0.25, 0.3) is 5.56 Å². The van der Waals surface area contributed by atoms with E-state index < -0.39 is 61.3 Å². The van der Waals surface area contributed by atoms with Gasteiger partial charge in [0.05, 0.1) is 13.2 Å². The third-order valence-electron chi connectivity index (χ3n) is 4.83. The summed E-state index contributed by atoms with van der Waals surface area (Å²) < 4.78 is 46.7. The van der Waals surface area contributed by atoms with Crippen molar-refractivity contribution in [2.75, 3.05) is 13.2 Å². The molecule has 29 heavy (non-hydrogen) atoms. The summed E-state index contributed by atoms with van der Waals surface area (Å²) in [5.74, 6) is -1.47. The van der Waals surface area contributed by atoms with Gasteiger partial charge in [0.15, 0.2) is 12.0 Å². The summed E-state index contributed by atoms with van der Waals surface area (Å²) in [4.78, 5) is 27.1. The van der Waals surface area contributed by atoms with Crippen molar-refractivity contribution in [3.05, 3.63) is 26.5 Å². The highest BCUT2D eigenvalue weighted by Crippen LogP contribution is 2.53. The fraction of sp³-hybridized carbons (Fsp3) is 0.750. The molecule has 162 valence electrons. The molecule has 4 rings (SSSR count). The molecule has 12 nitrogen and oxygen atoms in total. The number of phosphoric ester groups is 1. The molecule has 2 N–H and O–H groups in total. The van der Waals surface area contributed by atoms with Crippen molar-refractivity contribution in [3.63, 3.8) is 0 Å². The van der Waals surface area contributed by atoms with Gasteiger partial charge in [-0.15, -0.1) is 0 Å². The minimum absolute atomic E-state index is 0.0119. The van der Waals surface area contributed by atoms with Crippen LogP contribution in [0.3, 0.4) is 0 Å².